The molecular weight excluding hydrogens is 317 g/mol. The fourth-order valence-corrected chi connectivity index (χ4v) is 1.79. The number of nitro groups is 1. The van der Waals surface area contributed by atoms with Crippen molar-refractivity contribution in [1.82, 2.24) is 9.78 Å². The van der Waals surface area contributed by atoms with Crippen LogP contribution < -0.4 is 5.32 Å². The fourth-order valence-electron chi connectivity index (χ4n) is 1.79. The normalized spacial score (nSPS) is 11.3. The summed E-state index contributed by atoms with van der Waals surface area (Å²) in [5, 5.41) is 16.4. The highest BCUT2D eigenvalue weighted by Gasteiger charge is 2.30. The van der Waals surface area contributed by atoms with E-state index < -0.39 is 22.6 Å². The Kier molecular flexibility index (Phi) is 4.63. The van der Waals surface area contributed by atoms with Crippen molar-refractivity contribution in [2.45, 2.75) is 19.1 Å². The van der Waals surface area contributed by atoms with E-state index in [9.17, 15) is 28.1 Å². The van der Waals surface area contributed by atoms with Crippen molar-refractivity contribution in [3.8, 4) is 0 Å². The Hall–Kier alpha value is -2.91. The molecule has 0 saturated heterocycles. The Morgan fingerprint density at radius 3 is 2.70 bits per heavy atom. The van der Waals surface area contributed by atoms with E-state index in [1.54, 1.807) is 0 Å². The summed E-state index contributed by atoms with van der Waals surface area (Å²) in [6, 6.07) is 5.45. The molecule has 1 heterocycles. The minimum Gasteiger partial charge on any atom is -0.358 e. The van der Waals surface area contributed by atoms with Crippen molar-refractivity contribution in [1.29, 1.82) is 0 Å². The highest BCUT2D eigenvalue weighted by atomic mass is 19.4. The van der Waals surface area contributed by atoms with Crippen LogP contribution in [0.15, 0.2) is 36.5 Å². The summed E-state index contributed by atoms with van der Waals surface area (Å²) in [4.78, 5) is 21.5. The Morgan fingerprint density at radius 2 is 2.09 bits per heavy atom. The molecule has 0 spiro atoms. The SMILES string of the molecule is O=C(CCn1ccc([N+](=O)[O-])n1)Nc1cccc(C(F)(F)F)c1. The number of benzene rings is 1. The Labute approximate surface area is 127 Å². The number of hydrogen-bond acceptors (Lipinski definition) is 4. The topological polar surface area (TPSA) is 90.1 Å². The quantitative estimate of drug-likeness (QED) is 0.675. The first-order chi connectivity index (χ1) is 10.8. The molecule has 0 saturated carbocycles. The monoisotopic (exact) mass is 328 g/mol. The van der Waals surface area contributed by atoms with Crippen LogP contribution in [0.2, 0.25) is 0 Å². The molecule has 7 nitrogen and oxygen atoms in total. The van der Waals surface area contributed by atoms with Gasteiger partial charge in [-0.1, -0.05) is 6.07 Å². The van der Waals surface area contributed by atoms with Crippen LogP contribution in [0.1, 0.15) is 12.0 Å². The number of aromatic nitrogens is 2. The predicted octanol–water partition coefficient (Wildman–Crippen LogP) is 2.84. The standard InChI is InChI=1S/C13H11F3N4O3/c14-13(15,16)9-2-1-3-10(8-9)17-12(21)5-7-19-6-4-11(18-19)20(22)23/h1-4,6,8H,5,7H2,(H,17,21). The van der Waals surface area contributed by atoms with Crippen molar-refractivity contribution in [3.05, 3.63) is 52.2 Å². The summed E-state index contributed by atoms with van der Waals surface area (Å²) in [5.74, 6) is -0.870. The molecule has 0 aliphatic heterocycles. The maximum atomic E-state index is 12.6. The maximum absolute atomic E-state index is 12.6. The number of rotatable bonds is 5. The first-order valence-electron chi connectivity index (χ1n) is 6.40. The van der Waals surface area contributed by atoms with Crippen molar-refractivity contribution < 1.29 is 22.9 Å². The first kappa shape index (κ1) is 16.5. The van der Waals surface area contributed by atoms with E-state index in [0.29, 0.717) is 0 Å². The second-order valence-corrected chi connectivity index (χ2v) is 4.57. The van der Waals surface area contributed by atoms with Gasteiger partial charge in [-0.25, -0.2) is 0 Å². The van der Waals surface area contributed by atoms with E-state index in [1.165, 1.54) is 29.1 Å². The number of hydrogen-bond donors (Lipinski definition) is 1. The van der Waals surface area contributed by atoms with Crippen molar-refractivity contribution in [2.75, 3.05) is 5.32 Å². The lowest BCUT2D eigenvalue weighted by Gasteiger charge is -2.09. The second kappa shape index (κ2) is 6.46. The molecule has 122 valence electrons. The third-order valence-corrected chi connectivity index (χ3v) is 2.86. The minimum absolute atomic E-state index is 0.0243. The molecule has 2 rings (SSSR count). The van der Waals surface area contributed by atoms with Gasteiger partial charge in [0.2, 0.25) is 5.91 Å². The third kappa shape index (κ3) is 4.53. The van der Waals surface area contributed by atoms with Crippen molar-refractivity contribution in [2.24, 2.45) is 0 Å². The molecule has 0 atom stereocenters. The number of alkyl halides is 3. The zero-order valence-corrected chi connectivity index (χ0v) is 11.6. The lowest BCUT2D eigenvalue weighted by molar-refractivity contribution is -0.389. The molecular formula is C13H11F3N4O3. The van der Waals surface area contributed by atoms with Gasteiger partial charge in [0.15, 0.2) is 0 Å². The molecule has 0 fully saturated rings. The van der Waals surface area contributed by atoms with Crippen LogP contribution in [-0.2, 0) is 17.5 Å². The molecule has 23 heavy (non-hydrogen) atoms. The number of anilines is 1. The molecule has 0 bridgehead atoms. The summed E-state index contributed by atoms with van der Waals surface area (Å²) in [6.07, 6.45) is -3.24. The van der Waals surface area contributed by atoms with Crippen LogP contribution in [0.5, 0.6) is 0 Å². The van der Waals surface area contributed by atoms with Gasteiger partial charge < -0.3 is 15.4 Å². The van der Waals surface area contributed by atoms with Gasteiger partial charge in [0.25, 0.3) is 0 Å². The predicted molar refractivity (Wildman–Crippen MR) is 73.6 cm³/mol. The van der Waals surface area contributed by atoms with Gasteiger partial charge in [-0.2, -0.15) is 17.9 Å². The lowest BCUT2D eigenvalue weighted by Crippen LogP contribution is -2.15. The zero-order valence-electron chi connectivity index (χ0n) is 11.6. The van der Waals surface area contributed by atoms with Crippen LogP contribution in [-0.4, -0.2) is 20.6 Å². The number of carbonyl (C=O) groups excluding carboxylic acids is 1. The number of halogens is 3. The fraction of sp³-hybridized carbons (Fsp3) is 0.231. The van der Waals surface area contributed by atoms with Gasteiger partial charge in [0.05, 0.1) is 29.5 Å². The molecule has 0 aliphatic carbocycles. The smallest absolute Gasteiger partial charge is 0.358 e. The first-order valence-corrected chi connectivity index (χ1v) is 6.40. The number of carbonyl (C=O) groups is 1. The molecule has 0 unspecified atom stereocenters. The van der Waals surface area contributed by atoms with E-state index in [0.717, 1.165) is 12.1 Å². The Morgan fingerprint density at radius 1 is 1.35 bits per heavy atom. The van der Waals surface area contributed by atoms with Gasteiger partial charge >= 0.3 is 12.0 Å². The number of amides is 1. The number of nitrogens with zero attached hydrogens (tertiary/aromatic N) is 3. The minimum atomic E-state index is -4.49. The molecule has 2 aromatic rings. The molecule has 0 radical (unpaired) electrons. The average Bonchev–Trinajstić information content (AvgIpc) is 2.94. The summed E-state index contributed by atoms with van der Waals surface area (Å²) in [6.45, 7) is 0.0681. The van der Waals surface area contributed by atoms with Crippen LogP contribution in [0.3, 0.4) is 0 Å². The lowest BCUT2D eigenvalue weighted by atomic mass is 10.2. The molecule has 1 aromatic heterocycles. The van der Waals surface area contributed by atoms with E-state index in [1.807, 2.05) is 0 Å². The van der Waals surface area contributed by atoms with Crippen molar-refractivity contribution >= 4 is 17.4 Å². The van der Waals surface area contributed by atoms with Crippen LogP contribution in [0.25, 0.3) is 0 Å². The van der Waals surface area contributed by atoms with Gasteiger partial charge in [0, 0.05) is 12.1 Å². The zero-order chi connectivity index (χ0) is 17.0. The Bertz CT molecular complexity index is 727. The highest BCUT2D eigenvalue weighted by Crippen LogP contribution is 2.30. The summed E-state index contributed by atoms with van der Waals surface area (Å²) < 4.78 is 38.9. The van der Waals surface area contributed by atoms with Gasteiger partial charge in [-0.3, -0.25) is 4.79 Å². The number of nitrogens with one attached hydrogen (secondary N) is 1. The third-order valence-electron chi connectivity index (χ3n) is 2.86. The van der Waals surface area contributed by atoms with Crippen LogP contribution in [0, 0.1) is 10.1 Å². The van der Waals surface area contributed by atoms with E-state index in [2.05, 4.69) is 10.4 Å². The summed E-state index contributed by atoms with van der Waals surface area (Å²) in [7, 11) is 0. The number of aryl methyl sites for hydroxylation is 1. The Balaban J connectivity index is 1.93. The van der Waals surface area contributed by atoms with Gasteiger partial charge in [-0.05, 0) is 23.1 Å². The molecule has 10 heteroatoms. The van der Waals surface area contributed by atoms with Crippen LogP contribution in [0.4, 0.5) is 24.7 Å². The largest absolute Gasteiger partial charge is 0.416 e. The van der Waals surface area contributed by atoms with E-state index in [4.69, 9.17) is 0 Å². The van der Waals surface area contributed by atoms with Gasteiger partial charge in [-0.15, -0.1) is 0 Å². The van der Waals surface area contributed by atoms with Gasteiger partial charge in [0.1, 0.15) is 0 Å². The van der Waals surface area contributed by atoms with Crippen molar-refractivity contribution in [3.63, 3.8) is 0 Å². The van der Waals surface area contributed by atoms with E-state index in [-0.39, 0.29) is 24.5 Å². The summed E-state index contributed by atoms with van der Waals surface area (Å²) >= 11 is 0. The van der Waals surface area contributed by atoms with E-state index >= 15 is 0 Å². The van der Waals surface area contributed by atoms with Crippen LogP contribution >= 0.6 is 0 Å². The summed E-state index contributed by atoms with van der Waals surface area (Å²) in [5.41, 5.74) is -0.839. The molecule has 1 amide bonds. The second-order valence-electron chi connectivity index (χ2n) is 4.57. The molecule has 0 aliphatic rings. The highest BCUT2D eigenvalue weighted by molar-refractivity contribution is 5.90. The maximum Gasteiger partial charge on any atom is 0.416 e. The molecule has 1 N–H and O–H groups in total. The molecule has 1 aromatic carbocycles. The average molecular weight is 328 g/mol.